The number of anilines is 1. The Kier molecular flexibility index (Phi) is 9.46. The number of esters is 1. The molecule has 0 radical (unpaired) electrons. The molecule has 11 nitrogen and oxygen atoms in total. The highest BCUT2D eigenvalue weighted by Crippen LogP contribution is 2.51. The van der Waals surface area contributed by atoms with Gasteiger partial charge < -0.3 is 28.7 Å². The van der Waals surface area contributed by atoms with Gasteiger partial charge in [0.15, 0.2) is 11.3 Å². The molecule has 2 aromatic rings. The summed E-state index contributed by atoms with van der Waals surface area (Å²) in [5, 5.41) is 2.95. The smallest absolute Gasteiger partial charge is 0.312 e. The minimum atomic E-state index is -1.80. The Morgan fingerprint density at radius 2 is 1.85 bits per heavy atom. The molecule has 12 heteroatoms. The lowest BCUT2D eigenvalue weighted by Crippen LogP contribution is -2.41. The van der Waals surface area contributed by atoms with Crippen LogP contribution in [0.15, 0.2) is 68.0 Å². The second-order valence-electron chi connectivity index (χ2n) is 14.7. The summed E-state index contributed by atoms with van der Waals surface area (Å²) < 4.78 is 32.6. The Balaban J connectivity index is 1.65. The summed E-state index contributed by atoms with van der Waals surface area (Å²) in [4.78, 5) is 61.1. The summed E-state index contributed by atoms with van der Waals surface area (Å²) in [6.07, 6.45) is 8.92. The summed E-state index contributed by atoms with van der Waals surface area (Å²) in [5.41, 5.74) is 0.898. The highest BCUT2D eigenvalue weighted by molar-refractivity contribution is 9.10. The number of hydrogen-bond donors (Lipinski definition) is 1. The molecular weight excluding hydrogens is 744 g/mol. The Morgan fingerprint density at radius 1 is 1.08 bits per heavy atom. The number of carbonyl (C=O) groups excluding carboxylic acids is 3. The van der Waals surface area contributed by atoms with Crippen LogP contribution in [-0.2, 0) is 19.1 Å². The molecule has 3 unspecified atom stereocenters. The Bertz CT molecular complexity index is 2320. The Morgan fingerprint density at radius 3 is 2.60 bits per heavy atom. The molecule has 0 fully saturated rings. The third-order valence-electron chi connectivity index (χ3n) is 10.3. The number of benzene rings is 3. The van der Waals surface area contributed by atoms with Gasteiger partial charge in [-0.15, -0.1) is 0 Å². The number of fused-ring (bicyclic) bond motifs is 8. The zero-order chi connectivity index (χ0) is 37.9. The first kappa shape index (κ1) is 36.4. The van der Waals surface area contributed by atoms with Crippen LogP contribution in [0.3, 0.4) is 0 Å². The van der Waals surface area contributed by atoms with E-state index >= 15 is 4.79 Å². The lowest BCUT2D eigenvalue weighted by molar-refractivity contribution is -0.155. The molecule has 4 heterocycles. The molecule has 0 aromatic heterocycles. The molecule has 4 aliphatic heterocycles. The van der Waals surface area contributed by atoms with Crippen molar-refractivity contribution in [2.75, 3.05) is 5.32 Å². The first-order chi connectivity index (χ1) is 25.2. The minimum absolute atomic E-state index is 0.00349. The highest BCUT2D eigenvalue weighted by Gasteiger charge is 2.50. The van der Waals surface area contributed by atoms with Gasteiger partial charge in [0.25, 0.3) is 11.7 Å². The van der Waals surface area contributed by atoms with E-state index in [9.17, 15) is 14.4 Å². The number of nitrogens with zero attached hydrogens (tertiary/aromatic N) is 1. The number of allylic oxidation sites excluding steroid dienone is 4. The van der Waals surface area contributed by atoms with Crippen LogP contribution in [-0.4, -0.2) is 40.6 Å². The van der Waals surface area contributed by atoms with Crippen LogP contribution in [0.4, 0.5) is 5.69 Å². The number of carbonyl (C=O) groups is 3. The van der Waals surface area contributed by atoms with Gasteiger partial charge in [0.1, 0.15) is 40.6 Å². The Hall–Kier alpha value is -4.97. The zero-order valence-corrected chi connectivity index (χ0v) is 32.2. The molecule has 6 bridgehead atoms. The van der Waals surface area contributed by atoms with Crippen molar-refractivity contribution in [3.63, 3.8) is 0 Å². The number of halogens is 1. The van der Waals surface area contributed by atoms with Crippen LogP contribution < -0.4 is 20.2 Å². The van der Waals surface area contributed by atoms with E-state index in [1.54, 1.807) is 44.2 Å². The van der Waals surface area contributed by atoms with Crippen LogP contribution in [0.2, 0.25) is 0 Å². The number of rotatable bonds is 1. The van der Waals surface area contributed by atoms with Gasteiger partial charge in [0.05, 0.1) is 17.2 Å². The van der Waals surface area contributed by atoms with Crippen molar-refractivity contribution in [2.45, 2.75) is 85.7 Å². The standard InChI is InChI=1S/C41H41BrN2O9/c1-19-10-8-11-22(4)40(48)44-33-34(46)30-29(32-38(33)51-27-14-13-25(42)18-26(27)43-32)31-37-23(5)36(30)52-28(17-20(2)16-19)35(50-24(6)45)21(3)12-9-15-49-41(7,53-37)39(31)47/h8-11,13-15,18-21,28,35H,12,16-17H2,1-7H3,(H,44,48)/b10-8+,15-9+,22-11-/t19?,20-,21-,28?,35?,41+/m1/s1. The van der Waals surface area contributed by atoms with Crippen molar-refractivity contribution in [1.82, 2.24) is 4.98 Å². The number of nitrogens with one attached hydrogen (secondary N) is 1. The molecular formula is C41H41BrN2O9. The van der Waals surface area contributed by atoms with Gasteiger partial charge in [0.2, 0.25) is 5.43 Å². The molecule has 5 aliphatic rings. The highest BCUT2D eigenvalue weighted by atomic mass is 79.9. The van der Waals surface area contributed by atoms with Crippen LogP contribution in [0.1, 0.15) is 76.7 Å². The SMILES string of the molecule is CC(=O)OC1C2C[C@H](C)CC(C)/C=C/C=C(/C)C(=O)Nc3c4oc5ccc(Br)cc5nc-4c4c5c(c(C)c(c4c3=O)O2)O[C@](C)(O/C=C/C[C@H]1C)C5=O. The van der Waals surface area contributed by atoms with Crippen LogP contribution in [0.25, 0.3) is 33.3 Å². The van der Waals surface area contributed by atoms with E-state index in [0.717, 1.165) is 10.9 Å². The Labute approximate surface area is 314 Å². The quantitative estimate of drug-likeness (QED) is 0.113. The summed E-state index contributed by atoms with van der Waals surface area (Å²) in [5.74, 6) is -3.13. The van der Waals surface area contributed by atoms with Gasteiger partial charge in [-0.05, 0) is 69.2 Å². The molecule has 2 aromatic carbocycles. The van der Waals surface area contributed by atoms with Gasteiger partial charge in [0, 0.05) is 40.8 Å². The monoisotopic (exact) mass is 784 g/mol. The van der Waals surface area contributed by atoms with Gasteiger partial charge in [-0.3, -0.25) is 19.2 Å². The first-order valence-corrected chi connectivity index (χ1v) is 18.6. The number of ketones is 1. The van der Waals surface area contributed by atoms with E-state index in [-0.39, 0.29) is 62.7 Å². The second-order valence-corrected chi connectivity index (χ2v) is 15.6. The van der Waals surface area contributed by atoms with Gasteiger partial charge in [-0.1, -0.05) is 54.9 Å². The van der Waals surface area contributed by atoms with Gasteiger partial charge >= 0.3 is 11.8 Å². The predicted octanol–water partition coefficient (Wildman–Crippen LogP) is 8.56. The van der Waals surface area contributed by atoms with Gasteiger partial charge in [-0.25, -0.2) is 4.98 Å². The molecule has 53 heavy (non-hydrogen) atoms. The van der Waals surface area contributed by atoms with Crippen molar-refractivity contribution in [1.29, 1.82) is 0 Å². The fourth-order valence-electron chi connectivity index (χ4n) is 7.61. The largest absolute Gasteiger partial charge is 0.485 e. The first-order valence-electron chi connectivity index (χ1n) is 17.8. The van der Waals surface area contributed by atoms with E-state index in [1.165, 1.54) is 20.1 Å². The summed E-state index contributed by atoms with van der Waals surface area (Å²) >= 11 is 3.50. The molecule has 0 saturated carbocycles. The molecule has 1 aliphatic carbocycles. The molecule has 0 spiro atoms. The minimum Gasteiger partial charge on any atom is -0.485 e. The normalized spacial score (nSPS) is 28.4. The molecule has 6 atom stereocenters. The van der Waals surface area contributed by atoms with Crippen molar-refractivity contribution >= 4 is 61.1 Å². The second kappa shape index (κ2) is 13.8. The van der Waals surface area contributed by atoms with Gasteiger partial charge in [-0.2, -0.15) is 0 Å². The van der Waals surface area contributed by atoms with E-state index in [4.69, 9.17) is 28.3 Å². The van der Waals surface area contributed by atoms with E-state index in [0.29, 0.717) is 35.1 Å². The molecule has 0 saturated heterocycles. The van der Waals surface area contributed by atoms with E-state index in [2.05, 4.69) is 35.1 Å². The molecule has 1 amide bonds. The number of ether oxygens (including phenoxy) is 4. The fraction of sp³-hybridized carbons (Fsp3) is 0.390. The zero-order valence-electron chi connectivity index (χ0n) is 30.6. The van der Waals surface area contributed by atoms with Crippen molar-refractivity contribution in [3.05, 3.63) is 80.2 Å². The number of amides is 1. The average Bonchev–Trinajstić information content (AvgIpc) is 3.36. The van der Waals surface area contributed by atoms with Crippen molar-refractivity contribution in [3.8, 4) is 23.0 Å². The third-order valence-corrected chi connectivity index (χ3v) is 10.8. The number of Topliss-reactive ketones (excluding diaryl/α,β-unsaturated/α-hetero) is 1. The molecule has 276 valence electrons. The summed E-state index contributed by atoms with van der Waals surface area (Å²) in [6.45, 7) is 12.4. The summed E-state index contributed by atoms with van der Waals surface area (Å²) in [7, 11) is 0. The summed E-state index contributed by atoms with van der Waals surface area (Å²) in [6, 6.07) is 5.22. The lowest BCUT2D eigenvalue weighted by atomic mass is 9.86. The fourth-order valence-corrected chi connectivity index (χ4v) is 7.96. The van der Waals surface area contributed by atoms with E-state index < -0.39 is 41.1 Å². The molecule has 7 rings (SSSR count). The van der Waals surface area contributed by atoms with Crippen LogP contribution in [0, 0.1) is 24.7 Å². The average molecular weight is 786 g/mol. The van der Waals surface area contributed by atoms with Crippen molar-refractivity contribution in [2.24, 2.45) is 17.8 Å². The molecule has 1 N–H and O–H groups in total. The van der Waals surface area contributed by atoms with Crippen molar-refractivity contribution < 1.29 is 37.7 Å². The third kappa shape index (κ3) is 6.51. The number of aromatic nitrogens is 1. The van der Waals surface area contributed by atoms with E-state index in [1.807, 2.05) is 19.1 Å². The maximum atomic E-state index is 15.1. The lowest BCUT2D eigenvalue weighted by Gasteiger charge is -2.34. The van der Waals surface area contributed by atoms with Crippen LogP contribution in [0.5, 0.6) is 11.5 Å². The topological polar surface area (TPSA) is 143 Å². The maximum Gasteiger partial charge on any atom is 0.312 e. The predicted molar refractivity (Wildman–Crippen MR) is 203 cm³/mol. The van der Waals surface area contributed by atoms with Crippen LogP contribution >= 0.6 is 15.9 Å². The maximum absolute atomic E-state index is 15.1. The number of hydrogen-bond acceptors (Lipinski definition) is 10.